The zero-order valence-corrected chi connectivity index (χ0v) is 11.9. The topological polar surface area (TPSA) is 41.1 Å². The van der Waals surface area contributed by atoms with Crippen molar-refractivity contribution in [2.24, 2.45) is 11.8 Å². The monoisotopic (exact) mass is 258 g/mol. The molecule has 1 heterocycles. The molecular weight excluding hydrogens is 232 g/mol. The summed E-state index contributed by atoms with van der Waals surface area (Å²) in [7, 11) is 0. The number of thioether (sulfide) groups is 1. The number of carbonyl (C=O) groups excluding carboxylic acids is 1. The average Bonchev–Trinajstić information content (AvgIpc) is 2.34. The fraction of sp³-hybridized carbons (Fsp3) is 0.923. The predicted molar refractivity (Wildman–Crippen MR) is 75.4 cm³/mol. The molecule has 0 spiro atoms. The molecule has 0 radical (unpaired) electrons. The van der Waals surface area contributed by atoms with Gasteiger partial charge in [0, 0.05) is 12.5 Å². The average molecular weight is 258 g/mol. The van der Waals surface area contributed by atoms with Crippen molar-refractivity contribution in [3.8, 4) is 0 Å². The Kier molecular flexibility index (Phi) is 7.69. The van der Waals surface area contributed by atoms with Gasteiger partial charge in [-0.15, -0.1) is 0 Å². The molecule has 0 aromatic heterocycles. The van der Waals surface area contributed by atoms with E-state index in [9.17, 15) is 4.79 Å². The van der Waals surface area contributed by atoms with E-state index in [2.05, 4.69) is 24.5 Å². The number of amides is 1. The highest BCUT2D eigenvalue weighted by Gasteiger charge is 2.19. The van der Waals surface area contributed by atoms with E-state index >= 15 is 0 Å². The molecule has 0 saturated carbocycles. The summed E-state index contributed by atoms with van der Waals surface area (Å²) in [5.74, 6) is 3.66. The number of hydrogen-bond acceptors (Lipinski definition) is 3. The Bertz CT molecular complexity index is 215. The molecule has 1 amide bonds. The number of rotatable bonds is 7. The molecule has 4 heteroatoms. The van der Waals surface area contributed by atoms with E-state index in [0.717, 1.165) is 50.6 Å². The van der Waals surface area contributed by atoms with Gasteiger partial charge in [0.25, 0.3) is 0 Å². The van der Waals surface area contributed by atoms with E-state index in [1.54, 1.807) is 0 Å². The van der Waals surface area contributed by atoms with E-state index in [-0.39, 0.29) is 11.8 Å². The van der Waals surface area contributed by atoms with E-state index in [4.69, 9.17) is 0 Å². The third kappa shape index (κ3) is 6.94. The van der Waals surface area contributed by atoms with Crippen LogP contribution in [0.1, 0.15) is 33.1 Å². The van der Waals surface area contributed by atoms with Crippen LogP contribution < -0.4 is 10.6 Å². The molecule has 1 rings (SSSR count). The van der Waals surface area contributed by atoms with Gasteiger partial charge in [-0.25, -0.2) is 0 Å². The summed E-state index contributed by atoms with van der Waals surface area (Å²) in [4.78, 5) is 11.8. The Morgan fingerprint density at radius 1 is 1.41 bits per heavy atom. The molecule has 0 aromatic carbocycles. The first-order valence-electron chi connectivity index (χ1n) is 6.76. The van der Waals surface area contributed by atoms with Gasteiger partial charge in [0.1, 0.15) is 0 Å². The fourth-order valence-electron chi connectivity index (χ4n) is 1.93. The number of hydrogen-bond donors (Lipinski definition) is 2. The van der Waals surface area contributed by atoms with Crippen molar-refractivity contribution >= 4 is 17.7 Å². The van der Waals surface area contributed by atoms with E-state index < -0.39 is 0 Å². The zero-order chi connectivity index (χ0) is 12.5. The van der Waals surface area contributed by atoms with Crippen LogP contribution in [0.2, 0.25) is 0 Å². The Balaban J connectivity index is 1.96. The largest absolute Gasteiger partial charge is 0.356 e. The van der Waals surface area contributed by atoms with Gasteiger partial charge < -0.3 is 10.6 Å². The van der Waals surface area contributed by atoms with Gasteiger partial charge in [-0.2, -0.15) is 11.8 Å². The quantitative estimate of drug-likeness (QED) is 0.685. The molecule has 0 atom stereocenters. The molecule has 1 aliphatic rings. The second-order valence-electron chi connectivity index (χ2n) is 5.14. The molecule has 1 aliphatic heterocycles. The normalized spacial score (nSPS) is 17.4. The number of piperidine rings is 1. The zero-order valence-electron chi connectivity index (χ0n) is 11.1. The highest BCUT2D eigenvalue weighted by molar-refractivity contribution is 7.99. The fourth-order valence-corrected chi connectivity index (χ4v) is 2.92. The Hall–Kier alpha value is -0.220. The van der Waals surface area contributed by atoms with Crippen molar-refractivity contribution in [3.63, 3.8) is 0 Å². The van der Waals surface area contributed by atoms with Gasteiger partial charge in [0.15, 0.2) is 0 Å². The number of carbonyl (C=O) groups is 1. The smallest absolute Gasteiger partial charge is 0.223 e. The second kappa shape index (κ2) is 8.81. The molecule has 100 valence electrons. The molecule has 0 bridgehead atoms. The maximum absolute atomic E-state index is 11.8. The third-order valence-corrected chi connectivity index (χ3v) is 4.41. The van der Waals surface area contributed by atoms with Crippen molar-refractivity contribution in [1.82, 2.24) is 10.6 Å². The highest BCUT2D eigenvalue weighted by atomic mass is 32.2. The van der Waals surface area contributed by atoms with E-state index in [0.29, 0.717) is 0 Å². The minimum Gasteiger partial charge on any atom is -0.356 e. The molecule has 17 heavy (non-hydrogen) atoms. The molecule has 0 aromatic rings. The third-order valence-electron chi connectivity index (χ3n) is 2.93. The highest BCUT2D eigenvalue weighted by Crippen LogP contribution is 2.11. The maximum atomic E-state index is 11.8. The van der Waals surface area contributed by atoms with Crippen LogP contribution in [0.25, 0.3) is 0 Å². The minimum atomic E-state index is 0.250. The van der Waals surface area contributed by atoms with Crippen LogP contribution >= 0.6 is 11.8 Å². The lowest BCUT2D eigenvalue weighted by Crippen LogP contribution is -2.38. The Morgan fingerprint density at radius 2 is 2.12 bits per heavy atom. The summed E-state index contributed by atoms with van der Waals surface area (Å²) in [6.45, 7) is 7.30. The van der Waals surface area contributed by atoms with E-state index in [1.165, 1.54) is 5.75 Å². The molecule has 3 nitrogen and oxygen atoms in total. The van der Waals surface area contributed by atoms with Gasteiger partial charge in [-0.05, 0) is 49.8 Å². The van der Waals surface area contributed by atoms with Gasteiger partial charge in [-0.3, -0.25) is 4.79 Å². The number of nitrogens with one attached hydrogen (secondary N) is 2. The van der Waals surface area contributed by atoms with Crippen LogP contribution in [-0.2, 0) is 4.79 Å². The lowest BCUT2D eigenvalue weighted by atomic mass is 9.97. The van der Waals surface area contributed by atoms with Crippen LogP contribution in [0.3, 0.4) is 0 Å². The Labute approximate surface area is 109 Å². The van der Waals surface area contributed by atoms with Crippen molar-refractivity contribution in [2.45, 2.75) is 33.1 Å². The second-order valence-corrected chi connectivity index (χ2v) is 6.29. The maximum Gasteiger partial charge on any atom is 0.223 e. The molecule has 1 saturated heterocycles. The van der Waals surface area contributed by atoms with Crippen molar-refractivity contribution < 1.29 is 4.79 Å². The molecule has 2 N–H and O–H groups in total. The minimum absolute atomic E-state index is 0.250. The van der Waals surface area contributed by atoms with Crippen LogP contribution in [0.5, 0.6) is 0 Å². The summed E-state index contributed by atoms with van der Waals surface area (Å²) < 4.78 is 0. The first kappa shape index (κ1) is 14.8. The lowest BCUT2D eigenvalue weighted by molar-refractivity contribution is -0.125. The lowest BCUT2D eigenvalue weighted by Gasteiger charge is -2.21. The van der Waals surface area contributed by atoms with Gasteiger partial charge >= 0.3 is 0 Å². The Morgan fingerprint density at radius 3 is 2.76 bits per heavy atom. The van der Waals surface area contributed by atoms with Crippen LogP contribution in [0, 0.1) is 11.8 Å². The van der Waals surface area contributed by atoms with Crippen molar-refractivity contribution in [1.29, 1.82) is 0 Å². The predicted octanol–water partition coefficient (Wildman–Crippen LogP) is 1.88. The SMILES string of the molecule is CC(C)CSCCCNC(=O)C1CCNCC1. The van der Waals surface area contributed by atoms with Crippen molar-refractivity contribution in [2.75, 3.05) is 31.1 Å². The van der Waals surface area contributed by atoms with Crippen LogP contribution in [0.4, 0.5) is 0 Å². The van der Waals surface area contributed by atoms with E-state index in [1.807, 2.05) is 11.8 Å². The molecule has 0 unspecified atom stereocenters. The van der Waals surface area contributed by atoms with Crippen LogP contribution in [-0.4, -0.2) is 37.0 Å². The van der Waals surface area contributed by atoms with Gasteiger partial charge in [0.2, 0.25) is 5.91 Å². The first-order valence-corrected chi connectivity index (χ1v) is 7.91. The summed E-state index contributed by atoms with van der Waals surface area (Å²) >= 11 is 1.99. The standard InChI is InChI=1S/C13H26N2OS/c1-11(2)10-17-9-3-6-15-13(16)12-4-7-14-8-5-12/h11-12,14H,3-10H2,1-2H3,(H,15,16). The summed E-state index contributed by atoms with van der Waals surface area (Å²) in [6, 6.07) is 0. The summed E-state index contributed by atoms with van der Waals surface area (Å²) in [5, 5.41) is 6.34. The molecule has 1 fully saturated rings. The molecular formula is C13H26N2OS. The summed E-state index contributed by atoms with van der Waals surface area (Å²) in [5.41, 5.74) is 0. The summed E-state index contributed by atoms with van der Waals surface area (Å²) in [6.07, 6.45) is 3.08. The van der Waals surface area contributed by atoms with Crippen LogP contribution in [0.15, 0.2) is 0 Å². The van der Waals surface area contributed by atoms with Crippen molar-refractivity contribution in [3.05, 3.63) is 0 Å². The molecule has 0 aliphatic carbocycles. The first-order chi connectivity index (χ1) is 8.20. The van der Waals surface area contributed by atoms with Gasteiger partial charge in [0.05, 0.1) is 0 Å². The van der Waals surface area contributed by atoms with Gasteiger partial charge in [-0.1, -0.05) is 13.8 Å².